The van der Waals surface area contributed by atoms with E-state index in [9.17, 15) is 5.26 Å². The molecule has 0 N–H and O–H groups in total. The SMILES string of the molecule is N#Cc1ccc2ccccc2c1OCc1cnns1. The quantitative estimate of drug-likeness (QED) is 0.731. The summed E-state index contributed by atoms with van der Waals surface area (Å²) in [7, 11) is 0. The molecule has 0 spiro atoms. The van der Waals surface area contributed by atoms with Gasteiger partial charge in [0, 0.05) is 5.39 Å². The Hall–Kier alpha value is -2.45. The van der Waals surface area contributed by atoms with Crippen LogP contribution in [0.25, 0.3) is 10.8 Å². The van der Waals surface area contributed by atoms with E-state index in [0.29, 0.717) is 17.9 Å². The second-order valence-corrected chi connectivity index (χ2v) is 4.82. The molecule has 0 aliphatic rings. The molecule has 0 atom stereocenters. The van der Waals surface area contributed by atoms with Crippen LogP contribution in [-0.4, -0.2) is 9.59 Å². The molecule has 0 bridgehead atoms. The third kappa shape index (κ3) is 2.26. The second kappa shape index (κ2) is 5.04. The lowest BCUT2D eigenvalue weighted by Gasteiger charge is -2.09. The van der Waals surface area contributed by atoms with Gasteiger partial charge in [0.05, 0.1) is 16.6 Å². The first-order chi connectivity index (χ1) is 9.38. The molecule has 0 fully saturated rings. The van der Waals surface area contributed by atoms with Crippen LogP contribution in [0, 0.1) is 11.3 Å². The summed E-state index contributed by atoms with van der Waals surface area (Å²) >= 11 is 1.29. The van der Waals surface area contributed by atoms with Crippen LogP contribution in [0.15, 0.2) is 42.6 Å². The first-order valence-electron chi connectivity index (χ1n) is 5.69. The van der Waals surface area contributed by atoms with E-state index in [1.807, 2.05) is 30.3 Å². The zero-order valence-electron chi connectivity index (χ0n) is 9.91. The summed E-state index contributed by atoms with van der Waals surface area (Å²) in [6.07, 6.45) is 1.67. The second-order valence-electron chi connectivity index (χ2n) is 3.95. The lowest BCUT2D eigenvalue weighted by atomic mass is 10.1. The van der Waals surface area contributed by atoms with Crippen LogP contribution in [0.2, 0.25) is 0 Å². The molecule has 1 aromatic heterocycles. The van der Waals surface area contributed by atoms with Crippen molar-refractivity contribution in [2.24, 2.45) is 0 Å². The van der Waals surface area contributed by atoms with Crippen molar-refractivity contribution in [3.63, 3.8) is 0 Å². The number of hydrogen-bond donors (Lipinski definition) is 0. The number of fused-ring (bicyclic) bond motifs is 1. The van der Waals surface area contributed by atoms with Gasteiger partial charge in [-0.1, -0.05) is 34.8 Å². The molecule has 19 heavy (non-hydrogen) atoms. The van der Waals surface area contributed by atoms with Crippen molar-refractivity contribution < 1.29 is 4.74 Å². The highest BCUT2D eigenvalue weighted by molar-refractivity contribution is 7.05. The first-order valence-corrected chi connectivity index (χ1v) is 6.46. The minimum absolute atomic E-state index is 0.375. The minimum Gasteiger partial charge on any atom is -0.486 e. The predicted molar refractivity (Wildman–Crippen MR) is 72.9 cm³/mol. The number of benzene rings is 2. The standard InChI is InChI=1S/C14H9N3OS/c15-7-11-6-5-10-3-1-2-4-13(10)14(11)18-9-12-8-16-17-19-12/h1-6,8H,9H2. The fourth-order valence-electron chi connectivity index (χ4n) is 1.88. The molecule has 0 aliphatic carbocycles. The molecule has 92 valence electrons. The highest BCUT2D eigenvalue weighted by Gasteiger charge is 2.09. The lowest BCUT2D eigenvalue weighted by Crippen LogP contribution is -1.96. The van der Waals surface area contributed by atoms with Crippen LogP contribution in [0.4, 0.5) is 0 Å². The van der Waals surface area contributed by atoms with E-state index in [4.69, 9.17) is 4.74 Å². The number of aromatic nitrogens is 2. The largest absolute Gasteiger partial charge is 0.486 e. The molecule has 4 nitrogen and oxygen atoms in total. The van der Waals surface area contributed by atoms with Crippen molar-refractivity contribution in [2.45, 2.75) is 6.61 Å². The summed E-state index contributed by atoms with van der Waals surface area (Å²) in [5.74, 6) is 0.619. The Morgan fingerprint density at radius 2 is 2.11 bits per heavy atom. The average Bonchev–Trinajstić information content (AvgIpc) is 2.97. The third-order valence-corrected chi connectivity index (χ3v) is 3.40. The van der Waals surface area contributed by atoms with Crippen LogP contribution >= 0.6 is 11.5 Å². The van der Waals surface area contributed by atoms with E-state index in [-0.39, 0.29) is 0 Å². The summed E-state index contributed by atoms with van der Waals surface area (Å²) < 4.78 is 9.58. The number of nitriles is 1. The molecule has 1 heterocycles. The molecule has 0 saturated heterocycles. The van der Waals surface area contributed by atoms with Gasteiger partial charge in [0.25, 0.3) is 0 Å². The van der Waals surface area contributed by atoms with E-state index >= 15 is 0 Å². The molecular formula is C14H9N3OS. The van der Waals surface area contributed by atoms with Crippen molar-refractivity contribution in [3.8, 4) is 11.8 Å². The van der Waals surface area contributed by atoms with Gasteiger partial charge in [-0.15, -0.1) is 5.10 Å². The zero-order chi connectivity index (χ0) is 13.1. The number of ether oxygens (including phenoxy) is 1. The number of rotatable bonds is 3. The molecule has 0 radical (unpaired) electrons. The molecular weight excluding hydrogens is 258 g/mol. The molecule has 5 heteroatoms. The Morgan fingerprint density at radius 3 is 2.89 bits per heavy atom. The Balaban J connectivity index is 2.02. The van der Waals surface area contributed by atoms with E-state index in [1.165, 1.54) is 11.5 Å². The Labute approximate surface area is 114 Å². The van der Waals surface area contributed by atoms with Crippen molar-refractivity contribution in [3.05, 3.63) is 53.0 Å². The molecule has 3 aromatic rings. The number of nitrogens with zero attached hydrogens (tertiary/aromatic N) is 3. The van der Waals surface area contributed by atoms with Gasteiger partial charge in [-0.05, 0) is 23.0 Å². The Bertz CT molecular complexity index is 747. The van der Waals surface area contributed by atoms with Crippen molar-refractivity contribution >= 4 is 22.3 Å². The maximum Gasteiger partial charge on any atom is 0.145 e. The first kappa shape index (κ1) is 11.6. The highest BCUT2D eigenvalue weighted by Crippen LogP contribution is 2.30. The van der Waals surface area contributed by atoms with E-state index in [0.717, 1.165) is 15.6 Å². The van der Waals surface area contributed by atoms with Gasteiger partial charge < -0.3 is 4.74 Å². The zero-order valence-corrected chi connectivity index (χ0v) is 10.7. The summed E-state index contributed by atoms with van der Waals surface area (Å²) in [4.78, 5) is 0.928. The van der Waals surface area contributed by atoms with Crippen molar-refractivity contribution in [2.75, 3.05) is 0 Å². The molecule has 3 rings (SSSR count). The van der Waals surface area contributed by atoms with Gasteiger partial charge in [0.15, 0.2) is 0 Å². The summed E-state index contributed by atoms with van der Waals surface area (Å²) in [6.45, 7) is 0.375. The Kier molecular flexibility index (Phi) is 3.09. The monoisotopic (exact) mass is 267 g/mol. The van der Waals surface area contributed by atoms with Gasteiger partial charge >= 0.3 is 0 Å². The molecule has 0 amide bonds. The topological polar surface area (TPSA) is 58.8 Å². The van der Waals surface area contributed by atoms with Gasteiger partial charge in [0.2, 0.25) is 0 Å². The average molecular weight is 267 g/mol. The number of hydrogen-bond acceptors (Lipinski definition) is 5. The molecule has 0 aliphatic heterocycles. The van der Waals surface area contributed by atoms with Crippen molar-refractivity contribution in [1.29, 1.82) is 5.26 Å². The van der Waals surface area contributed by atoms with Gasteiger partial charge in [-0.2, -0.15) is 5.26 Å². The highest BCUT2D eigenvalue weighted by atomic mass is 32.1. The molecule has 0 unspecified atom stereocenters. The fraction of sp³-hybridized carbons (Fsp3) is 0.0714. The van der Waals surface area contributed by atoms with Crippen LogP contribution in [0.5, 0.6) is 5.75 Å². The molecule has 0 saturated carbocycles. The van der Waals surface area contributed by atoms with Crippen LogP contribution in [-0.2, 0) is 6.61 Å². The van der Waals surface area contributed by atoms with Crippen LogP contribution < -0.4 is 4.74 Å². The fourth-order valence-corrected chi connectivity index (χ4v) is 2.29. The lowest BCUT2D eigenvalue weighted by molar-refractivity contribution is 0.312. The maximum absolute atomic E-state index is 9.18. The van der Waals surface area contributed by atoms with Crippen molar-refractivity contribution in [1.82, 2.24) is 9.59 Å². The van der Waals surface area contributed by atoms with Gasteiger partial charge in [-0.25, -0.2) is 0 Å². The van der Waals surface area contributed by atoms with Gasteiger partial charge in [0.1, 0.15) is 18.4 Å². The van der Waals surface area contributed by atoms with Gasteiger partial charge in [-0.3, -0.25) is 0 Å². The summed E-state index contributed by atoms with van der Waals surface area (Å²) in [5, 5.41) is 14.9. The minimum atomic E-state index is 0.375. The Morgan fingerprint density at radius 1 is 1.21 bits per heavy atom. The predicted octanol–water partition coefficient (Wildman–Crippen LogP) is 3.14. The summed E-state index contributed by atoms with van der Waals surface area (Å²) in [6, 6.07) is 13.7. The van der Waals surface area contributed by atoms with E-state index < -0.39 is 0 Å². The summed E-state index contributed by atoms with van der Waals surface area (Å²) in [5.41, 5.74) is 0.538. The van der Waals surface area contributed by atoms with Crippen LogP contribution in [0.3, 0.4) is 0 Å². The van der Waals surface area contributed by atoms with Crippen LogP contribution in [0.1, 0.15) is 10.4 Å². The van der Waals surface area contributed by atoms with E-state index in [2.05, 4.69) is 15.7 Å². The normalized spacial score (nSPS) is 10.3. The third-order valence-electron chi connectivity index (χ3n) is 2.77. The van der Waals surface area contributed by atoms with E-state index in [1.54, 1.807) is 12.3 Å². The maximum atomic E-state index is 9.18. The smallest absolute Gasteiger partial charge is 0.145 e. The molecule has 2 aromatic carbocycles.